The number of aromatic nitrogens is 1. The summed E-state index contributed by atoms with van der Waals surface area (Å²) in [5.41, 5.74) is 2.46. The van der Waals surface area contributed by atoms with Crippen molar-refractivity contribution in [2.75, 3.05) is 13.1 Å². The molecule has 0 atom stereocenters. The fraction of sp³-hybridized carbons (Fsp3) is 0.222. The first-order valence-electron chi connectivity index (χ1n) is 7.49. The monoisotopic (exact) mass is 310 g/mol. The summed E-state index contributed by atoms with van der Waals surface area (Å²) in [4.78, 5) is 25.9. The van der Waals surface area contributed by atoms with Gasteiger partial charge in [-0.05, 0) is 35.8 Å². The standard InChI is InChI=1S/C18H18N2O3/c1-19-9-6-15(12-17(19)22)18(23)20-10-7-14(8-11-20)13-2-4-16(21)5-3-13/h2-7,9,12,21H,8,10-11H2,1H3. The number of phenolic OH excluding ortho intramolecular Hbond substituents is 1. The lowest BCUT2D eigenvalue weighted by molar-refractivity contribution is 0.0772. The number of nitrogens with zero attached hydrogens (tertiary/aromatic N) is 2. The molecule has 2 aromatic rings. The van der Waals surface area contributed by atoms with Gasteiger partial charge >= 0.3 is 0 Å². The number of aromatic hydroxyl groups is 1. The number of hydrogen-bond acceptors (Lipinski definition) is 3. The quantitative estimate of drug-likeness (QED) is 0.923. The van der Waals surface area contributed by atoms with E-state index in [1.807, 2.05) is 18.2 Å². The van der Waals surface area contributed by atoms with E-state index in [-0.39, 0.29) is 17.2 Å². The Balaban J connectivity index is 1.74. The largest absolute Gasteiger partial charge is 0.508 e. The molecule has 5 nitrogen and oxygen atoms in total. The molecule has 1 aliphatic rings. The fourth-order valence-electron chi connectivity index (χ4n) is 2.66. The molecule has 0 aliphatic carbocycles. The summed E-state index contributed by atoms with van der Waals surface area (Å²) in [6.45, 7) is 1.13. The van der Waals surface area contributed by atoms with Crippen molar-refractivity contribution >= 4 is 11.5 Å². The van der Waals surface area contributed by atoms with Gasteiger partial charge in [0.05, 0.1) is 0 Å². The predicted octanol–water partition coefficient (Wildman–Crippen LogP) is 2.02. The summed E-state index contributed by atoms with van der Waals surface area (Å²) < 4.78 is 1.44. The molecule has 0 bridgehead atoms. The number of amides is 1. The number of aryl methyl sites for hydroxylation is 1. The summed E-state index contributed by atoms with van der Waals surface area (Å²) >= 11 is 0. The average Bonchev–Trinajstić information content (AvgIpc) is 2.57. The van der Waals surface area contributed by atoms with E-state index in [9.17, 15) is 14.7 Å². The van der Waals surface area contributed by atoms with Gasteiger partial charge in [0.2, 0.25) is 0 Å². The van der Waals surface area contributed by atoms with Crippen molar-refractivity contribution in [2.45, 2.75) is 6.42 Å². The summed E-state index contributed by atoms with van der Waals surface area (Å²) in [6.07, 6.45) is 4.38. The molecule has 1 aromatic carbocycles. The van der Waals surface area contributed by atoms with Crippen molar-refractivity contribution in [1.82, 2.24) is 9.47 Å². The van der Waals surface area contributed by atoms with Gasteiger partial charge < -0.3 is 14.6 Å². The van der Waals surface area contributed by atoms with Crippen LogP contribution in [0.1, 0.15) is 22.3 Å². The van der Waals surface area contributed by atoms with E-state index < -0.39 is 0 Å². The molecule has 2 heterocycles. The Morgan fingerprint density at radius 3 is 2.52 bits per heavy atom. The molecule has 1 amide bonds. The Kier molecular flexibility index (Phi) is 4.02. The topological polar surface area (TPSA) is 62.5 Å². The lowest BCUT2D eigenvalue weighted by Crippen LogP contribution is -2.35. The number of phenols is 1. The molecule has 1 aromatic heterocycles. The third-order valence-corrected chi connectivity index (χ3v) is 4.09. The highest BCUT2D eigenvalue weighted by Crippen LogP contribution is 2.24. The molecule has 118 valence electrons. The minimum atomic E-state index is -0.187. The van der Waals surface area contributed by atoms with Gasteiger partial charge in [-0.2, -0.15) is 0 Å². The van der Waals surface area contributed by atoms with Crippen LogP contribution in [0.3, 0.4) is 0 Å². The number of carbonyl (C=O) groups excluding carboxylic acids is 1. The molecule has 0 saturated carbocycles. The maximum atomic E-state index is 12.5. The van der Waals surface area contributed by atoms with Crippen LogP contribution in [-0.2, 0) is 7.05 Å². The van der Waals surface area contributed by atoms with Crippen LogP contribution in [0.2, 0.25) is 0 Å². The molecule has 0 saturated heterocycles. The molecule has 3 rings (SSSR count). The van der Waals surface area contributed by atoms with Gasteiger partial charge in [-0.1, -0.05) is 18.2 Å². The van der Waals surface area contributed by atoms with Gasteiger partial charge in [-0.3, -0.25) is 9.59 Å². The van der Waals surface area contributed by atoms with E-state index in [1.54, 1.807) is 36.3 Å². The summed E-state index contributed by atoms with van der Waals surface area (Å²) in [5.74, 6) is 0.122. The molecule has 1 aliphatic heterocycles. The summed E-state index contributed by atoms with van der Waals surface area (Å²) in [6, 6.07) is 10.1. The van der Waals surface area contributed by atoms with Gasteiger partial charge in [0.1, 0.15) is 5.75 Å². The average molecular weight is 310 g/mol. The van der Waals surface area contributed by atoms with Gasteiger partial charge in [0, 0.05) is 38.0 Å². The Morgan fingerprint density at radius 1 is 1.17 bits per heavy atom. The lowest BCUT2D eigenvalue weighted by atomic mass is 9.99. The zero-order valence-electron chi connectivity index (χ0n) is 12.9. The zero-order valence-corrected chi connectivity index (χ0v) is 12.9. The first kappa shape index (κ1) is 15.1. The van der Waals surface area contributed by atoms with Gasteiger partial charge in [-0.15, -0.1) is 0 Å². The fourth-order valence-corrected chi connectivity index (χ4v) is 2.66. The van der Waals surface area contributed by atoms with Crippen molar-refractivity contribution in [3.8, 4) is 5.75 Å². The van der Waals surface area contributed by atoms with Gasteiger partial charge in [0.25, 0.3) is 11.5 Å². The number of benzene rings is 1. The second-order valence-electron chi connectivity index (χ2n) is 5.64. The van der Waals surface area contributed by atoms with Crippen LogP contribution in [-0.4, -0.2) is 33.6 Å². The summed E-state index contributed by atoms with van der Waals surface area (Å²) in [7, 11) is 1.66. The second kappa shape index (κ2) is 6.12. The van der Waals surface area contributed by atoms with Crippen LogP contribution in [0.5, 0.6) is 5.75 Å². The normalized spacial score (nSPS) is 14.5. The third-order valence-electron chi connectivity index (χ3n) is 4.09. The Hall–Kier alpha value is -2.82. The number of rotatable bonds is 2. The molecule has 1 N–H and O–H groups in total. The highest BCUT2D eigenvalue weighted by molar-refractivity contribution is 5.94. The first-order chi connectivity index (χ1) is 11.0. The van der Waals surface area contributed by atoms with E-state index >= 15 is 0 Å². The molecule has 0 fully saturated rings. The third kappa shape index (κ3) is 3.18. The second-order valence-corrected chi connectivity index (χ2v) is 5.64. The summed E-state index contributed by atoms with van der Waals surface area (Å²) in [5, 5.41) is 9.34. The highest BCUT2D eigenvalue weighted by atomic mass is 16.3. The van der Waals surface area contributed by atoms with Crippen LogP contribution in [0.15, 0.2) is 53.5 Å². The molecular weight excluding hydrogens is 292 g/mol. The maximum Gasteiger partial charge on any atom is 0.254 e. The van der Waals surface area contributed by atoms with Crippen LogP contribution < -0.4 is 5.56 Å². The Labute approximate surface area is 134 Å². The maximum absolute atomic E-state index is 12.5. The molecule has 0 spiro atoms. The highest BCUT2D eigenvalue weighted by Gasteiger charge is 2.19. The van der Waals surface area contributed by atoms with E-state index in [4.69, 9.17) is 0 Å². The van der Waals surface area contributed by atoms with Gasteiger partial charge in [-0.25, -0.2) is 0 Å². The van der Waals surface area contributed by atoms with E-state index in [2.05, 4.69) is 0 Å². The number of hydrogen-bond donors (Lipinski definition) is 1. The zero-order chi connectivity index (χ0) is 16.4. The van der Waals surface area contributed by atoms with Crippen molar-refractivity contribution in [2.24, 2.45) is 7.05 Å². The molecule has 5 heteroatoms. The molecule has 23 heavy (non-hydrogen) atoms. The molecule has 0 radical (unpaired) electrons. The van der Waals surface area contributed by atoms with E-state index in [0.29, 0.717) is 18.7 Å². The van der Waals surface area contributed by atoms with Crippen LogP contribution in [0, 0.1) is 0 Å². The lowest BCUT2D eigenvalue weighted by Gasteiger charge is -2.26. The molecular formula is C18H18N2O3. The van der Waals surface area contributed by atoms with E-state index in [0.717, 1.165) is 17.6 Å². The van der Waals surface area contributed by atoms with E-state index in [1.165, 1.54) is 10.6 Å². The van der Waals surface area contributed by atoms with Crippen molar-refractivity contribution < 1.29 is 9.90 Å². The Bertz CT molecular complexity index is 819. The van der Waals surface area contributed by atoms with Crippen molar-refractivity contribution in [3.05, 3.63) is 70.2 Å². The van der Waals surface area contributed by atoms with Crippen LogP contribution >= 0.6 is 0 Å². The first-order valence-corrected chi connectivity index (χ1v) is 7.49. The van der Waals surface area contributed by atoms with Gasteiger partial charge in [0.15, 0.2) is 0 Å². The smallest absolute Gasteiger partial charge is 0.254 e. The molecule has 0 unspecified atom stereocenters. The predicted molar refractivity (Wildman–Crippen MR) is 88.3 cm³/mol. The number of pyridine rings is 1. The van der Waals surface area contributed by atoms with Crippen molar-refractivity contribution in [3.63, 3.8) is 0 Å². The number of carbonyl (C=O) groups is 1. The minimum Gasteiger partial charge on any atom is -0.508 e. The minimum absolute atomic E-state index is 0.122. The van der Waals surface area contributed by atoms with Crippen molar-refractivity contribution in [1.29, 1.82) is 0 Å². The SMILES string of the molecule is Cn1ccc(C(=O)N2CC=C(c3ccc(O)cc3)CC2)cc1=O. The van der Waals surface area contributed by atoms with Crippen LogP contribution in [0.4, 0.5) is 0 Å². The van der Waals surface area contributed by atoms with Crippen LogP contribution in [0.25, 0.3) is 5.57 Å². The Morgan fingerprint density at radius 2 is 1.91 bits per heavy atom.